The molecule has 0 N–H and O–H groups in total. The summed E-state index contributed by atoms with van der Waals surface area (Å²) < 4.78 is 6.25. The second-order valence-corrected chi connectivity index (χ2v) is 8.78. The van der Waals surface area contributed by atoms with E-state index in [1.165, 1.54) is 30.6 Å². The van der Waals surface area contributed by atoms with Gasteiger partial charge in [-0.25, -0.2) is 0 Å². The standard InChI is InChI=1S/C21H22N2O2/c24-18-10-16-19-13-9-17-21(6-7-22(17)11-12(13)5-8-25-16)14-3-1-2-4-15(14)23(18)20(19)21/h1-5,13,16-17,19-20H,6-11H2/t13?,16-,17+,19+,20?,21+/m1/s1. The van der Waals surface area contributed by atoms with Gasteiger partial charge in [0.05, 0.1) is 25.2 Å². The van der Waals surface area contributed by atoms with Crippen molar-refractivity contribution in [3.8, 4) is 0 Å². The molecule has 4 nitrogen and oxygen atoms in total. The van der Waals surface area contributed by atoms with Crippen molar-refractivity contribution in [2.45, 2.75) is 42.9 Å². The summed E-state index contributed by atoms with van der Waals surface area (Å²) in [6.45, 7) is 2.97. The number of nitrogens with zero attached hydrogens (tertiary/aromatic N) is 2. The van der Waals surface area contributed by atoms with E-state index in [0.29, 0.717) is 36.9 Å². The number of anilines is 1. The van der Waals surface area contributed by atoms with E-state index < -0.39 is 0 Å². The van der Waals surface area contributed by atoms with E-state index >= 15 is 0 Å². The predicted molar refractivity (Wildman–Crippen MR) is 93.4 cm³/mol. The summed E-state index contributed by atoms with van der Waals surface area (Å²) in [4.78, 5) is 18.1. The molecule has 7 rings (SSSR count). The van der Waals surface area contributed by atoms with E-state index in [-0.39, 0.29) is 17.4 Å². The molecule has 3 saturated heterocycles. The summed E-state index contributed by atoms with van der Waals surface area (Å²) in [7, 11) is 0. The topological polar surface area (TPSA) is 32.8 Å². The molecule has 0 aromatic heterocycles. The lowest BCUT2D eigenvalue weighted by atomic mass is 9.53. The fourth-order valence-corrected chi connectivity index (χ4v) is 7.51. The van der Waals surface area contributed by atoms with Crippen molar-refractivity contribution < 1.29 is 9.53 Å². The molecule has 1 spiro atoms. The van der Waals surface area contributed by atoms with Crippen LogP contribution in [0.4, 0.5) is 5.69 Å². The minimum absolute atomic E-state index is 0.104. The minimum Gasteiger partial charge on any atom is -0.373 e. The van der Waals surface area contributed by atoms with Gasteiger partial charge in [0.15, 0.2) is 0 Å². The van der Waals surface area contributed by atoms with Gasteiger partial charge in [-0.05, 0) is 36.9 Å². The first-order valence-electron chi connectivity index (χ1n) is 9.75. The molecule has 5 aliphatic heterocycles. The number of hydrogen-bond acceptors (Lipinski definition) is 3. The zero-order chi connectivity index (χ0) is 16.3. The molecule has 0 radical (unpaired) electrons. The van der Waals surface area contributed by atoms with Crippen LogP contribution in [0, 0.1) is 11.8 Å². The highest BCUT2D eigenvalue weighted by molar-refractivity contribution is 5.99. The maximum atomic E-state index is 13.2. The zero-order valence-corrected chi connectivity index (χ0v) is 14.2. The number of piperidine rings is 2. The Hall–Kier alpha value is -1.65. The number of carbonyl (C=O) groups is 1. The smallest absolute Gasteiger partial charge is 0.229 e. The van der Waals surface area contributed by atoms with Crippen LogP contribution in [-0.2, 0) is 14.9 Å². The van der Waals surface area contributed by atoms with Crippen LogP contribution in [0.1, 0.15) is 24.8 Å². The van der Waals surface area contributed by atoms with Gasteiger partial charge in [-0.2, -0.15) is 0 Å². The van der Waals surface area contributed by atoms with Crippen molar-refractivity contribution >= 4 is 11.6 Å². The first kappa shape index (κ1) is 13.5. The third kappa shape index (κ3) is 1.33. The molecular formula is C21H22N2O2. The minimum atomic E-state index is 0.104. The highest BCUT2D eigenvalue weighted by Crippen LogP contribution is 2.65. The monoisotopic (exact) mass is 334 g/mol. The molecule has 1 amide bonds. The molecule has 1 aromatic rings. The Bertz CT molecular complexity index is 848. The van der Waals surface area contributed by atoms with Crippen molar-refractivity contribution in [3.05, 3.63) is 41.5 Å². The fraction of sp³-hybridized carbons (Fsp3) is 0.571. The van der Waals surface area contributed by atoms with Crippen LogP contribution in [-0.4, -0.2) is 48.7 Å². The summed E-state index contributed by atoms with van der Waals surface area (Å²) in [6, 6.07) is 9.64. The molecular weight excluding hydrogens is 312 g/mol. The number of fused-ring (bicyclic) bond motifs is 2. The highest BCUT2D eigenvalue weighted by atomic mass is 16.5. The zero-order valence-electron chi connectivity index (χ0n) is 14.2. The Morgan fingerprint density at radius 3 is 3.12 bits per heavy atom. The molecule has 4 heteroatoms. The van der Waals surface area contributed by atoms with Crippen LogP contribution in [0.2, 0.25) is 0 Å². The Labute approximate surface area is 147 Å². The number of carbonyl (C=O) groups excluding carboxylic acids is 1. The summed E-state index contributed by atoms with van der Waals surface area (Å²) in [6.07, 6.45) is 5.43. The molecule has 4 fully saturated rings. The molecule has 6 aliphatic rings. The van der Waals surface area contributed by atoms with Crippen LogP contribution < -0.4 is 4.90 Å². The van der Waals surface area contributed by atoms with Gasteiger partial charge in [0.1, 0.15) is 0 Å². The van der Waals surface area contributed by atoms with E-state index in [4.69, 9.17) is 4.74 Å². The molecule has 1 saturated carbocycles. The molecule has 1 aromatic carbocycles. The van der Waals surface area contributed by atoms with Crippen molar-refractivity contribution in [1.29, 1.82) is 0 Å². The molecule has 2 unspecified atom stereocenters. The van der Waals surface area contributed by atoms with Crippen molar-refractivity contribution in [1.82, 2.24) is 4.90 Å². The molecule has 5 heterocycles. The number of benzene rings is 1. The second kappa shape index (κ2) is 4.18. The lowest BCUT2D eigenvalue weighted by Crippen LogP contribution is -2.69. The Kier molecular flexibility index (Phi) is 2.27. The van der Waals surface area contributed by atoms with Crippen LogP contribution >= 0.6 is 0 Å². The van der Waals surface area contributed by atoms with E-state index in [0.717, 1.165) is 6.54 Å². The SMILES string of the molecule is O=C1C[C@H]2OCC=C3CN4CC[C@@]56c7ccccc7N1C5[C@H]2C3C[C@H]46. The van der Waals surface area contributed by atoms with Gasteiger partial charge in [0.25, 0.3) is 0 Å². The highest BCUT2D eigenvalue weighted by Gasteiger charge is 2.70. The van der Waals surface area contributed by atoms with Crippen molar-refractivity contribution in [3.63, 3.8) is 0 Å². The van der Waals surface area contributed by atoms with Crippen LogP contribution in [0.5, 0.6) is 0 Å². The number of rotatable bonds is 0. The molecule has 6 atom stereocenters. The Balaban J connectivity index is 1.55. The second-order valence-electron chi connectivity index (χ2n) is 8.78. The van der Waals surface area contributed by atoms with Crippen LogP contribution in [0.3, 0.4) is 0 Å². The lowest BCUT2D eigenvalue weighted by molar-refractivity contribution is -0.132. The summed E-state index contributed by atoms with van der Waals surface area (Å²) in [5, 5.41) is 0. The maximum absolute atomic E-state index is 13.2. The van der Waals surface area contributed by atoms with Gasteiger partial charge in [0.2, 0.25) is 5.91 Å². The predicted octanol–water partition coefficient (Wildman–Crippen LogP) is 2.09. The quantitative estimate of drug-likeness (QED) is 0.681. The number of hydrogen-bond donors (Lipinski definition) is 0. The van der Waals surface area contributed by atoms with Gasteiger partial charge in [-0.1, -0.05) is 29.8 Å². The average Bonchev–Trinajstić information content (AvgIpc) is 3.10. The number of amides is 1. The molecule has 2 bridgehead atoms. The molecule has 1 aliphatic carbocycles. The molecule has 25 heavy (non-hydrogen) atoms. The largest absolute Gasteiger partial charge is 0.373 e. The van der Waals surface area contributed by atoms with Gasteiger partial charge in [-0.15, -0.1) is 0 Å². The maximum Gasteiger partial charge on any atom is 0.229 e. The van der Waals surface area contributed by atoms with E-state index in [1.54, 1.807) is 5.57 Å². The number of para-hydroxylation sites is 1. The van der Waals surface area contributed by atoms with Gasteiger partial charge in [-0.3, -0.25) is 9.69 Å². The van der Waals surface area contributed by atoms with Gasteiger partial charge in [0, 0.05) is 29.6 Å². The summed E-state index contributed by atoms with van der Waals surface area (Å²) >= 11 is 0. The Morgan fingerprint density at radius 2 is 2.16 bits per heavy atom. The van der Waals surface area contributed by atoms with Crippen LogP contribution in [0.15, 0.2) is 35.9 Å². The van der Waals surface area contributed by atoms with E-state index in [9.17, 15) is 4.79 Å². The average molecular weight is 334 g/mol. The third-order valence-corrected chi connectivity index (χ3v) is 8.22. The van der Waals surface area contributed by atoms with Gasteiger partial charge >= 0.3 is 0 Å². The van der Waals surface area contributed by atoms with Crippen molar-refractivity contribution in [2.75, 3.05) is 24.6 Å². The first-order valence-corrected chi connectivity index (χ1v) is 9.75. The first-order chi connectivity index (χ1) is 12.3. The van der Waals surface area contributed by atoms with E-state index in [1.807, 2.05) is 0 Å². The van der Waals surface area contributed by atoms with E-state index in [2.05, 4.69) is 40.1 Å². The van der Waals surface area contributed by atoms with Gasteiger partial charge < -0.3 is 9.64 Å². The fourth-order valence-electron chi connectivity index (χ4n) is 7.51. The van der Waals surface area contributed by atoms with Crippen molar-refractivity contribution in [2.24, 2.45) is 11.8 Å². The summed E-state index contributed by atoms with van der Waals surface area (Å²) in [5.41, 5.74) is 4.35. The van der Waals surface area contributed by atoms with Crippen LogP contribution in [0.25, 0.3) is 0 Å². The normalized spacial score (nSPS) is 45.9. The lowest BCUT2D eigenvalue weighted by Gasteiger charge is -2.58. The Morgan fingerprint density at radius 1 is 1.24 bits per heavy atom. The third-order valence-electron chi connectivity index (χ3n) is 8.22. The summed E-state index contributed by atoms with van der Waals surface area (Å²) in [5.74, 6) is 1.35. The molecule has 128 valence electrons. The number of ether oxygens (including phenoxy) is 1.